The molecule has 166 valence electrons. The Hall–Kier alpha value is -1.76. The second-order valence-electron chi connectivity index (χ2n) is 8.75. The molecule has 0 aromatic heterocycles. The molecule has 0 aliphatic rings. The maximum absolute atomic E-state index is 12.9. The van der Waals surface area contributed by atoms with Crippen molar-refractivity contribution in [3.63, 3.8) is 0 Å². The number of hydrogen-bond donors (Lipinski definition) is 0. The van der Waals surface area contributed by atoms with Gasteiger partial charge in [-0.15, -0.1) is 0 Å². The van der Waals surface area contributed by atoms with Gasteiger partial charge in [0.1, 0.15) is 5.75 Å². The maximum Gasteiger partial charge on any atom is 0.308 e. The molecular weight excluding hydrogens is 388 g/mol. The predicted octanol–water partition coefficient (Wildman–Crippen LogP) is 4.43. The molecule has 0 saturated heterocycles. The van der Waals surface area contributed by atoms with Crippen LogP contribution >= 0.6 is 0 Å². The number of rotatable bonds is 10. The minimum atomic E-state index is -3.68. The fourth-order valence-electron chi connectivity index (χ4n) is 3.03. The van der Waals surface area contributed by atoms with Gasteiger partial charge in [0, 0.05) is 49.4 Å². The van der Waals surface area contributed by atoms with Crippen LogP contribution in [0.2, 0.25) is 0 Å². The van der Waals surface area contributed by atoms with Crippen LogP contribution in [0.25, 0.3) is 0 Å². The lowest BCUT2D eigenvalue weighted by molar-refractivity contribution is -0.135. The van der Waals surface area contributed by atoms with Crippen LogP contribution in [0.3, 0.4) is 0 Å². The first-order valence-corrected chi connectivity index (χ1v) is 12.0. The normalized spacial score (nSPS) is 12.2. The third-order valence-electron chi connectivity index (χ3n) is 4.72. The van der Waals surface area contributed by atoms with Crippen LogP contribution in [0.5, 0.6) is 5.75 Å². The molecule has 0 aliphatic heterocycles. The van der Waals surface area contributed by atoms with Gasteiger partial charge in [0.05, 0.1) is 5.75 Å². The van der Waals surface area contributed by atoms with Gasteiger partial charge < -0.3 is 14.0 Å². The van der Waals surface area contributed by atoms with E-state index in [4.69, 9.17) is 4.18 Å². The van der Waals surface area contributed by atoms with Gasteiger partial charge in [0.15, 0.2) is 0 Å². The molecule has 0 radical (unpaired) electrons. The van der Waals surface area contributed by atoms with Crippen LogP contribution in [-0.4, -0.2) is 44.1 Å². The molecule has 0 N–H and O–H groups in total. The van der Waals surface area contributed by atoms with Gasteiger partial charge in [-0.25, -0.2) is 0 Å². The van der Waals surface area contributed by atoms with Crippen molar-refractivity contribution in [2.75, 3.05) is 23.7 Å². The first-order valence-electron chi connectivity index (χ1n) is 10.4. The van der Waals surface area contributed by atoms with E-state index in [1.807, 2.05) is 60.6 Å². The fourth-order valence-corrected chi connectivity index (χ4v) is 3.58. The number of nitrogens with zero attached hydrogens (tertiary/aromatic N) is 2. The Kier molecular flexibility index (Phi) is 9.00. The lowest BCUT2D eigenvalue weighted by Crippen LogP contribution is -2.38. The van der Waals surface area contributed by atoms with E-state index in [1.54, 1.807) is 17.9 Å². The topological polar surface area (TPSA) is 66.9 Å². The van der Waals surface area contributed by atoms with E-state index in [0.717, 1.165) is 18.8 Å². The van der Waals surface area contributed by atoms with Gasteiger partial charge in [-0.1, -0.05) is 26.8 Å². The molecule has 7 heteroatoms. The van der Waals surface area contributed by atoms with E-state index in [1.165, 1.54) is 0 Å². The van der Waals surface area contributed by atoms with Crippen molar-refractivity contribution in [2.24, 2.45) is 5.41 Å². The Morgan fingerprint density at radius 2 is 1.69 bits per heavy atom. The summed E-state index contributed by atoms with van der Waals surface area (Å²) in [6, 6.07) is 5.58. The van der Waals surface area contributed by atoms with Gasteiger partial charge in [-0.05, 0) is 46.1 Å². The number of carbonyl (C=O) groups excluding carboxylic acids is 1. The molecule has 0 atom stereocenters. The van der Waals surface area contributed by atoms with Crippen molar-refractivity contribution in [1.29, 1.82) is 0 Å². The van der Waals surface area contributed by atoms with Crippen molar-refractivity contribution >= 4 is 21.7 Å². The molecule has 0 spiro atoms. The quantitative estimate of drug-likeness (QED) is 0.518. The van der Waals surface area contributed by atoms with Crippen LogP contribution in [0.4, 0.5) is 5.69 Å². The van der Waals surface area contributed by atoms with Crippen LogP contribution in [0.1, 0.15) is 67.4 Å². The molecule has 1 aromatic rings. The number of amides is 1. The summed E-state index contributed by atoms with van der Waals surface area (Å²) >= 11 is 0. The lowest BCUT2D eigenvalue weighted by Gasteiger charge is -2.31. The zero-order valence-electron chi connectivity index (χ0n) is 19.3. The minimum Gasteiger partial charge on any atom is -0.382 e. The van der Waals surface area contributed by atoms with Crippen LogP contribution in [0.15, 0.2) is 18.2 Å². The zero-order valence-corrected chi connectivity index (χ0v) is 20.1. The van der Waals surface area contributed by atoms with Crippen LogP contribution in [-0.2, 0) is 21.5 Å². The third-order valence-corrected chi connectivity index (χ3v) is 5.86. The van der Waals surface area contributed by atoms with E-state index in [-0.39, 0.29) is 23.1 Å². The van der Waals surface area contributed by atoms with E-state index in [0.29, 0.717) is 24.3 Å². The Morgan fingerprint density at radius 1 is 1.10 bits per heavy atom. The summed E-state index contributed by atoms with van der Waals surface area (Å²) < 4.78 is 29.8. The molecule has 0 saturated carbocycles. The largest absolute Gasteiger partial charge is 0.382 e. The monoisotopic (exact) mass is 426 g/mol. The highest BCUT2D eigenvalue weighted by Gasteiger charge is 2.25. The SMILES string of the molecule is CCN(CC)c1ccc(CN(C(=O)CC(C)(C)C)C(C)C)c(OS(=O)(=O)CC)c1. The predicted molar refractivity (Wildman–Crippen MR) is 120 cm³/mol. The number of carbonyl (C=O) groups is 1. The average molecular weight is 427 g/mol. The summed E-state index contributed by atoms with van der Waals surface area (Å²) in [7, 11) is -3.68. The summed E-state index contributed by atoms with van der Waals surface area (Å²) in [4.78, 5) is 16.8. The molecule has 6 nitrogen and oxygen atoms in total. The summed E-state index contributed by atoms with van der Waals surface area (Å²) in [6.45, 7) is 17.6. The first-order chi connectivity index (χ1) is 13.3. The molecule has 0 aliphatic carbocycles. The first kappa shape index (κ1) is 25.3. The summed E-state index contributed by atoms with van der Waals surface area (Å²) in [5, 5.41) is 0. The summed E-state index contributed by atoms with van der Waals surface area (Å²) in [5.74, 6) is 0.230. The Balaban J connectivity index is 3.34. The Labute approximate surface area is 177 Å². The fraction of sp³-hybridized carbons (Fsp3) is 0.682. The van der Waals surface area contributed by atoms with E-state index in [2.05, 4.69) is 4.90 Å². The molecule has 0 fully saturated rings. The summed E-state index contributed by atoms with van der Waals surface area (Å²) in [5.41, 5.74) is 1.47. The molecular formula is C22H38N2O4S. The van der Waals surface area contributed by atoms with Gasteiger partial charge in [0.25, 0.3) is 0 Å². The lowest BCUT2D eigenvalue weighted by atomic mass is 9.91. The average Bonchev–Trinajstić information content (AvgIpc) is 2.59. The third kappa shape index (κ3) is 7.88. The standard InChI is InChI=1S/C22H38N2O4S/c1-9-23(10-2)19-13-12-18(20(14-19)28-29(26,27)11-3)16-24(17(4)5)21(25)15-22(6,7)8/h12-14,17H,9-11,15-16H2,1-8H3. The van der Waals surface area contributed by atoms with E-state index >= 15 is 0 Å². The van der Waals surface area contributed by atoms with E-state index < -0.39 is 10.1 Å². The van der Waals surface area contributed by atoms with Crippen LogP contribution in [0, 0.1) is 5.41 Å². The number of benzene rings is 1. The highest BCUT2D eigenvalue weighted by atomic mass is 32.2. The summed E-state index contributed by atoms with van der Waals surface area (Å²) in [6.07, 6.45) is 0.423. The van der Waals surface area contributed by atoms with Gasteiger partial charge in [-0.2, -0.15) is 8.42 Å². The van der Waals surface area contributed by atoms with Gasteiger partial charge >= 0.3 is 10.1 Å². The molecule has 1 aromatic carbocycles. The Morgan fingerprint density at radius 3 is 2.14 bits per heavy atom. The zero-order chi connectivity index (χ0) is 22.4. The molecule has 1 rings (SSSR count). The maximum atomic E-state index is 12.9. The van der Waals surface area contributed by atoms with Crippen LogP contribution < -0.4 is 9.08 Å². The van der Waals surface area contributed by atoms with Crippen molar-refractivity contribution in [1.82, 2.24) is 4.90 Å². The van der Waals surface area contributed by atoms with Gasteiger partial charge in [-0.3, -0.25) is 4.79 Å². The number of anilines is 1. The highest BCUT2D eigenvalue weighted by Crippen LogP contribution is 2.30. The van der Waals surface area contributed by atoms with Crippen molar-refractivity contribution in [3.8, 4) is 5.75 Å². The minimum absolute atomic E-state index is 0.0112. The second-order valence-corrected chi connectivity index (χ2v) is 10.6. The van der Waals surface area contributed by atoms with Crippen molar-refractivity contribution in [3.05, 3.63) is 23.8 Å². The highest BCUT2D eigenvalue weighted by molar-refractivity contribution is 7.87. The molecule has 0 unspecified atom stereocenters. The second kappa shape index (κ2) is 10.3. The van der Waals surface area contributed by atoms with E-state index in [9.17, 15) is 13.2 Å². The van der Waals surface area contributed by atoms with Gasteiger partial charge in [0.2, 0.25) is 5.91 Å². The van der Waals surface area contributed by atoms with Crippen molar-refractivity contribution in [2.45, 2.75) is 74.4 Å². The molecule has 29 heavy (non-hydrogen) atoms. The smallest absolute Gasteiger partial charge is 0.308 e. The molecule has 0 heterocycles. The van der Waals surface area contributed by atoms with Crippen molar-refractivity contribution < 1.29 is 17.4 Å². The number of hydrogen-bond acceptors (Lipinski definition) is 5. The molecule has 0 bridgehead atoms. The molecule has 1 amide bonds. The Bertz CT molecular complexity index is 778.